The molecule has 0 radical (unpaired) electrons. The van der Waals surface area contributed by atoms with Gasteiger partial charge in [-0.2, -0.15) is 0 Å². The minimum absolute atomic E-state index is 0.000980. The van der Waals surface area contributed by atoms with Crippen LogP contribution in [0.2, 0.25) is 10.0 Å². The molecule has 5 rings (SSSR count). The average Bonchev–Trinajstić information content (AvgIpc) is 2.82. The predicted octanol–water partition coefficient (Wildman–Crippen LogP) is 2.75. The maximum absolute atomic E-state index is 13.6. The van der Waals surface area contributed by atoms with Crippen molar-refractivity contribution < 1.29 is 38.1 Å². The Bertz CT molecular complexity index is 1080. The van der Waals surface area contributed by atoms with Crippen molar-refractivity contribution in [2.24, 2.45) is 0 Å². The zero-order chi connectivity index (χ0) is 26.1. The Morgan fingerprint density at radius 1 is 0.833 bits per heavy atom. The molecule has 2 amide bonds. The van der Waals surface area contributed by atoms with Gasteiger partial charge in [0.2, 0.25) is 0 Å². The summed E-state index contributed by atoms with van der Waals surface area (Å²) in [6.07, 6.45) is -1.54. The fourth-order valence-electron chi connectivity index (χ4n) is 4.79. The highest BCUT2D eigenvalue weighted by Gasteiger charge is 2.60. The van der Waals surface area contributed by atoms with E-state index in [0.717, 1.165) is 12.1 Å². The Hall–Kier alpha value is -2.66. The largest absolute Gasteiger partial charge is 0.484 e. The zero-order valence-electron chi connectivity index (χ0n) is 18.9. The van der Waals surface area contributed by atoms with Crippen LogP contribution in [0.3, 0.4) is 0 Å². The number of carbonyl (C=O) groups is 2. The summed E-state index contributed by atoms with van der Waals surface area (Å²) in [4.78, 5) is 25.0. The third-order valence-electron chi connectivity index (χ3n) is 6.71. The van der Waals surface area contributed by atoms with E-state index >= 15 is 0 Å². The van der Waals surface area contributed by atoms with E-state index in [-0.39, 0.29) is 47.2 Å². The second-order valence-electron chi connectivity index (χ2n) is 9.08. The van der Waals surface area contributed by atoms with Crippen molar-refractivity contribution >= 4 is 35.0 Å². The molecule has 12 heteroatoms. The van der Waals surface area contributed by atoms with E-state index < -0.39 is 59.9 Å². The SMILES string of the molecule is O=C(COc1ccc(Cl)c(F)c1)N[C@]12CC[C@](NC(=O)COc3ccc(Cl)c(F)c3)(C[C@H]1O)[C@@H](O)C2. The molecule has 2 bridgehead atoms. The van der Waals surface area contributed by atoms with E-state index in [9.17, 15) is 28.6 Å². The topological polar surface area (TPSA) is 117 Å². The fraction of sp³-hybridized carbons (Fsp3) is 0.417. The fourth-order valence-corrected chi connectivity index (χ4v) is 5.02. The summed E-state index contributed by atoms with van der Waals surface area (Å²) < 4.78 is 37.7. The summed E-state index contributed by atoms with van der Waals surface area (Å²) in [5.74, 6) is -2.26. The minimum atomic E-state index is -1.10. The van der Waals surface area contributed by atoms with Crippen molar-refractivity contribution in [2.45, 2.75) is 49.0 Å². The molecule has 0 aliphatic heterocycles. The van der Waals surface area contributed by atoms with Gasteiger partial charge in [0, 0.05) is 25.0 Å². The van der Waals surface area contributed by atoms with Crippen LogP contribution < -0.4 is 20.1 Å². The van der Waals surface area contributed by atoms with E-state index in [1.54, 1.807) is 0 Å². The van der Waals surface area contributed by atoms with E-state index in [2.05, 4.69) is 10.6 Å². The van der Waals surface area contributed by atoms with Gasteiger partial charge in [-0.05, 0) is 37.1 Å². The number of nitrogens with one attached hydrogen (secondary N) is 2. The van der Waals surface area contributed by atoms with Crippen molar-refractivity contribution in [3.8, 4) is 11.5 Å². The number of carbonyl (C=O) groups excluding carboxylic acids is 2. The number of hydrogen-bond donors (Lipinski definition) is 4. The Labute approximate surface area is 215 Å². The summed E-state index contributed by atoms with van der Waals surface area (Å²) in [5, 5.41) is 27.0. The third-order valence-corrected chi connectivity index (χ3v) is 7.32. The molecular weight excluding hydrogens is 521 g/mol. The highest BCUT2D eigenvalue weighted by molar-refractivity contribution is 6.31. The molecule has 3 saturated carbocycles. The van der Waals surface area contributed by atoms with Gasteiger partial charge in [0.1, 0.15) is 23.1 Å². The molecule has 3 fully saturated rings. The van der Waals surface area contributed by atoms with E-state index in [1.807, 2.05) is 0 Å². The highest BCUT2D eigenvalue weighted by Crippen LogP contribution is 2.47. The molecule has 36 heavy (non-hydrogen) atoms. The minimum Gasteiger partial charge on any atom is -0.484 e. The molecule has 0 saturated heterocycles. The number of fused-ring (bicyclic) bond motifs is 3. The molecule has 194 valence electrons. The summed E-state index contributed by atoms with van der Waals surface area (Å²) in [5.41, 5.74) is -2.20. The highest BCUT2D eigenvalue weighted by atomic mass is 35.5. The number of hydrogen-bond acceptors (Lipinski definition) is 6. The van der Waals surface area contributed by atoms with Gasteiger partial charge in [-0.3, -0.25) is 9.59 Å². The first kappa shape index (κ1) is 26.4. The molecule has 4 atom stereocenters. The molecule has 3 aliphatic carbocycles. The van der Waals surface area contributed by atoms with Crippen LogP contribution in [-0.2, 0) is 9.59 Å². The van der Waals surface area contributed by atoms with Crippen molar-refractivity contribution in [1.29, 1.82) is 0 Å². The van der Waals surface area contributed by atoms with Gasteiger partial charge >= 0.3 is 0 Å². The maximum Gasteiger partial charge on any atom is 0.258 e. The van der Waals surface area contributed by atoms with Crippen LogP contribution in [0.4, 0.5) is 8.78 Å². The van der Waals surface area contributed by atoms with Crippen LogP contribution in [0, 0.1) is 11.6 Å². The van der Waals surface area contributed by atoms with Gasteiger partial charge in [-0.15, -0.1) is 0 Å². The monoisotopic (exact) mass is 544 g/mol. The molecule has 4 N–H and O–H groups in total. The van der Waals surface area contributed by atoms with Crippen LogP contribution in [0.1, 0.15) is 25.7 Å². The first-order chi connectivity index (χ1) is 17.0. The zero-order valence-corrected chi connectivity index (χ0v) is 20.4. The maximum atomic E-state index is 13.6. The molecule has 0 heterocycles. The number of rotatable bonds is 8. The number of ether oxygens (including phenoxy) is 2. The Morgan fingerprint density at radius 3 is 1.56 bits per heavy atom. The van der Waals surface area contributed by atoms with Gasteiger partial charge < -0.3 is 30.3 Å². The molecule has 2 aromatic carbocycles. The molecule has 8 nitrogen and oxygen atoms in total. The van der Waals surface area contributed by atoms with Crippen LogP contribution >= 0.6 is 23.2 Å². The van der Waals surface area contributed by atoms with Gasteiger partial charge in [0.15, 0.2) is 13.2 Å². The van der Waals surface area contributed by atoms with Crippen molar-refractivity contribution in [1.82, 2.24) is 10.6 Å². The third kappa shape index (κ3) is 5.51. The summed E-state index contributed by atoms with van der Waals surface area (Å²) >= 11 is 11.3. The van der Waals surface area contributed by atoms with Crippen molar-refractivity contribution in [3.05, 3.63) is 58.1 Å². The summed E-state index contributed by atoms with van der Waals surface area (Å²) in [6, 6.07) is 7.55. The molecule has 0 aromatic heterocycles. The molecule has 2 aromatic rings. The second kappa shape index (κ2) is 10.4. The molecule has 3 aliphatic rings. The van der Waals surface area contributed by atoms with Crippen LogP contribution in [0.25, 0.3) is 0 Å². The normalized spacial score (nSPS) is 26.8. The Morgan fingerprint density at radius 2 is 1.22 bits per heavy atom. The van der Waals surface area contributed by atoms with Gasteiger partial charge in [-0.25, -0.2) is 8.78 Å². The first-order valence-corrected chi connectivity index (χ1v) is 11.9. The van der Waals surface area contributed by atoms with Gasteiger partial charge in [-0.1, -0.05) is 23.2 Å². The van der Waals surface area contributed by atoms with Crippen LogP contribution in [0.15, 0.2) is 36.4 Å². The lowest BCUT2D eigenvalue weighted by Gasteiger charge is -2.58. The van der Waals surface area contributed by atoms with Crippen molar-refractivity contribution in [3.63, 3.8) is 0 Å². The molecular formula is C24H24Cl2F2N2O6. The predicted molar refractivity (Wildman–Crippen MR) is 126 cm³/mol. The van der Waals surface area contributed by atoms with E-state index in [4.69, 9.17) is 32.7 Å². The Kier molecular flexibility index (Phi) is 7.61. The first-order valence-electron chi connectivity index (χ1n) is 11.2. The number of aliphatic hydroxyl groups is 2. The number of benzene rings is 2. The number of amides is 2. The standard InChI is InChI=1S/C24H24Cl2F2N2O6/c25-15-3-1-13(7-17(15)27)35-11-21(33)29-23-5-6-24(10-19(23)31,20(32)9-23)30-22(34)12-36-14-2-4-16(26)18(28)8-14/h1-4,7-8,19-20,31-32H,5-6,9-12H2,(H,29,33)(H,30,34)/t19-,20+,23-,24-/m0/s1. The van der Waals surface area contributed by atoms with Crippen LogP contribution in [-0.4, -0.2) is 58.5 Å². The number of aliphatic hydroxyl groups excluding tert-OH is 2. The smallest absolute Gasteiger partial charge is 0.258 e. The summed E-state index contributed by atoms with van der Waals surface area (Å²) in [7, 11) is 0. The van der Waals surface area contributed by atoms with E-state index in [0.29, 0.717) is 0 Å². The second-order valence-corrected chi connectivity index (χ2v) is 9.89. The van der Waals surface area contributed by atoms with Gasteiger partial charge in [0.25, 0.3) is 11.8 Å². The van der Waals surface area contributed by atoms with E-state index in [1.165, 1.54) is 24.3 Å². The summed E-state index contributed by atoms with van der Waals surface area (Å²) in [6.45, 7) is -0.869. The van der Waals surface area contributed by atoms with Crippen molar-refractivity contribution in [2.75, 3.05) is 13.2 Å². The average molecular weight is 545 g/mol. The quantitative estimate of drug-likeness (QED) is 0.406. The molecule has 0 unspecified atom stereocenters. The lowest BCUT2D eigenvalue weighted by molar-refractivity contribution is -0.152. The number of halogens is 4. The van der Waals surface area contributed by atoms with Gasteiger partial charge in [0.05, 0.1) is 33.3 Å². The Balaban J connectivity index is 1.32. The molecule has 0 spiro atoms. The lowest BCUT2D eigenvalue weighted by Crippen LogP contribution is -2.75. The lowest BCUT2D eigenvalue weighted by atomic mass is 9.58. The van der Waals surface area contributed by atoms with Crippen LogP contribution in [0.5, 0.6) is 11.5 Å².